The Bertz CT molecular complexity index is 1270. The Labute approximate surface area is 195 Å². The normalized spacial score (nSPS) is 22.9. The number of hydrogen-bond donors (Lipinski definition) is 0. The van der Waals surface area contributed by atoms with E-state index in [0.717, 1.165) is 10.9 Å². The summed E-state index contributed by atoms with van der Waals surface area (Å²) in [4.78, 5) is 21.0. The van der Waals surface area contributed by atoms with Gasteiger partial charge in [-0.2, -0.15) is 4.31 Å². The Morgan fingerprint density at radius 3 is 2.55 bits per heavy atom. The molecule has 2 aromatic rings. The minimum Gasteiger partial charge on any atom is -0.340 e. The maximum Gasteiger partial charge on any atom is 0.245 e. The summed E-state index contributed by atoms with van der Waals surface area (Å²) >= 11 is 0. The van der Waals surface area contributed by atoms with Crippen LogP contribution in [-0.4, -0.2) is 98.6 Å². The number of carbonyl (C=O) groups is 1. The molecule has 9 nitrogen and oxygen atoms in total. The number of carbonyl (C=O) groups excluding carboxylic acids is 1. The van der Waals surface area contributed by atoms with Gasteiger partial charge in [-0.05, 0) is 38.0 Å². The fourth-order valence-electron chi connectivity index (χ4n) is 4.63. The van der Waals surface area contributed by atoms with E-state index in [1.54, 1.807) is 37.2 Å². The molecule has 2 unspecified atom stereocenters. The molecule has 0 bridgehead atoms. The minimum absolute atomic E-state index is 0.00652. The van der Waals surface area contributed by atoms with Gasteiger partial charge in [0, 0.05) is 50.9 Å². The van der Waals surface area contributed by atoms with Crippen molar-refractivity contribution in [3.63, 3.8) is 0 Å². The summed E-state index contributed by atoms with van der Waals surface area (Å²) in [5.74, 6) is -0.0166. The highest BCUT2D eigenvalue weighted by Gasteiger charge is 2.37. The molecule has 3 heterocycles. The van der Waals surface area contributed by atoms with Crippen molar-refractivity contribution in [1.29, 1.82) is 0 Å². The Hall–Kier alpha value is -2.08. The number of benzene rings is 1. The van der Waals surface area contributed by atoms with E-state index in [9.17, 15) is 21.6 Å². The van der Waals surface area contributed by atoms with E-state index in [-0.39, 0.29) is 41.4 Å². The maximum absolute atomic E-state index is 13.4. The number of sulfonamides is 1. The van der Waals surface area contributed by atoms with Crippen LogP contribution in [0.15, 0.2) is 35.4 Å². The fraction of sp³-hybridized carbons (Fsp3) is 0.545. The number of likely N-dealkylation sites (N-methyl/N-ethyl adjacent to an activating group) is 1. The topological polar surface area (TPSA) is 108 Å². The maximum atomic E-state index is 13.4. The van der Waals surface area contributed by atoms with Gasteiger partial charge in [-0.1, -0.05) is 12.1 Å². The molecule has 0 saturated carbocycles. The third-order valence-corrected chi connectivity index (χ3v) is 10.4. The van der Waals surface area contributed by atoms with Gasteiger partial charge in [0.1, 0.15) is 4.90 Å². The van der Waals surface area contributed by atoms with Crippen LogP contribution in [0.2, 0.25) is 0 Å². The number of piperazine rings is 1. The van der Waals surface area contributed by atoms with E-state index in [1.165, 1.54) is 4.31 Å². The summed E-state index contributed by atoms with van der Waals surface area (Å²) in [6.45, 7) is 5.08. The van der Waals surface area contributed by atoms with Crippen LogP contribution in [0.4, 0.5) is 0 Å². The predicted molar refractivity (Wildman–Crippen MR) is 126 cm³/mol. The summed E-state index contributed by atoms with van der Waals surface area (Å²) in [7, 11) is -5.16. The lowest BCUT2D eigenvalue weighted by molar-refractivity contribution is -0.137. The first kappa shape index (κ1) is 24.1. The van der Waals surface area contributed by atoms with Crippen LogP contribution in [0.1, 0.15) is 18.9 Å². The number of para-hydroxylation sites is 1. The number of hydrogen-bond acceptors (Lipinski definition) is 7. The van der Waals surface area contributed by atoms with Gasteiger partial charge in [-0.15, -0.1) is 0 Å². The lowest BCUT2D eigenvalue weighted by atomic mass is 10.1. The molecule has 11 heteroatoms. The van der Waals surface area contributed by atoms with Gasteiger partial charge in [0.2, 0.25) is 15.9 Å². The number of pyridine rings is 1. The number of rotatable bonds is 5. The van der Waals surface area contributed by atoms with E-state index < -0.39 is 25.9 Å². The van der Waals surface area contributed by atoms with Crippen LogP contribution in [0.25, 0.3) is 10.9 Å². The molecule has 0 N–H and O–H groups in total. The van der Waals surface area contributed by atoms with E-state index in [0.29, 0.717) is 25.0 Å². The summed E-state index contributed by atoms with van der Waals surface area (Å²) in [6.07, 6.45) is 2.13. The molecular weight excluding hydrogens is 464 g/mol. The van der Waals surface area contributed by atoms with Gasteiger partial charge in [-0.25, -0.2) is 16.8 Å². The molecule has 2 saturated heterocycles. The molecule has 2 atom stereocenters. The van der Waals surface area contributed by atoms with Crippen molar-refractivity contribution in [2.75, 3.05) is 44.7 Å². The second-order valence-electron chi connectivity index (χ2n) is 8.96. The summed E-state index contributed by atoms with van der Waals surface area (Å²) in [6, 6.07) is 6.33. The summed E-state index contributed by atoms with van der Waals surface area (Å²) in [5, 5.41) is 0.783. The largest absolute Gasteiger partial charge is 0.340 e. The highest BCUT2D eigenvalue weighted by Crippen LogP contribution is 2.26. The van der Waals surface area contributed by atoms with Gasteiger partial charge >= 0.3 is 0 Å². The van der Waals surface area contributed by atoms with Crippen LogP contribution in [-0.2, 0) is 24.7 Å². The van der Waals surface area contributed by atoms with Crippen LogP contribution >= 0.6 is 0 Å². The van der Waals surface area contributed by atoms with Crippen molar-refractivity contribution in [3.05, 3.63) is 36.0 Å². The van der Waals surface area contributed by atoms with Gasteiger partial charge in [0.15, 0.2) is 9.84 Å². The molecule has 4 rings (SSSR count). The zero-order chi connectivity index (χ0) is 24.0. The fourth-order valence-corrected chi connectivity index (χ4v) is 7.99. The number of nitrogens with zero attached hydrogens (tertiary/aromatic N) is 4. The molecule has 0 radical (unpaired) electrons. The standard InChI is InChI=1S/C22H30N4O5S2/c1-16-13-18-5-4-6-20(21(18)23-14-16)33(30,31)26-10-8-25(9-11-26)17(2)22(27)24(3)19-7-12-32(28,29)15-19/h4-6,13-14,17,19H,7-12,15H2,1-3H3. The molecule has 180 valence electrons. The van der Waals surface area contributed by atoms with Crippen LogP contribution in [0.3, 0.4) is 0 Å². The number of aryl methyl sites for hydroxylation is 1. The number of aromatic nitrogens is 1. The predicted octanol–water partition coefficient (Wildman–Crippen LogP) is 0.884. The van der Waals surface area contributed by atoms with E-state index in [1.807, 2.05) is 24.0 Å². The Morgan fingerprint density at radius 1 is 1.21 bits per heavy atom. The van der Waals surface area contributed by atoms with E-state index in [2.05, 4.69) is 4.98 Å². The summed E-state index contributed by atoms with van der Waals surface area (Å²) < 4.78 is 51.7. The molecule has 0 spiro atoms. The van der Waals surface area contributed by atoms with Crippen molar-refractivity contribution in [2.24, 2.45) is 0 Å². The van der Waals surface area contributed by atoms with Crippen LogP contribution < -0.4 is 0 Å². The lowest BCUT2D eigenvalue weighted by Crippen LogP contribution is -2.56. The van der Waals surface area contributed by atoms with Crippen LogP contribution in [0.5, 0.6) is 0 Å². The van der Waals surface area contributed by atoms with Crippen molar-refractivity contribution in [2.45, 2.75) is 37.2 Å². The number of fused-ring (bicyclic) bond motifs is 1. The van der Waals surface area contributed by atoms with Gasteiger partial charge in [0.25, 0.3) is 0 Å². The first-order valence-electron chi connectivity index (χ1n) is 11.1. The highest BCUT2D eigenvalue weighted by molar-refractivity contribution is 7.91. The average molecular weight is 495 g/mol. The van der Waals surface area contributed by atoms with Crippen molar-refractivity contribution >= 4 is 36.7 Å². The van der Waals surface area contributed by atoms with Crippen molar-refractivity contribution < 1.29 is 21.6 Å². The minimum atomic E-state index is -3.73. The Morgan fingerprint density at radius 2 is 1.91 bits per heavy atom. The smallest absolute Gasteiger partial charge is 0.245 e. The van der Waals surface area contributed by atoms with Crippen molar-refractivity contribution in [3.8, 4) is 0 Å². The first-order valence-corrected chi connectivity index (χ1v) is 14.3. The van der Waals surface area contributed by atoms with Gasteiger partial charge < -0.3 is 4.90 Å². The monoisotopic (exact) mass is 494 g/mol. The van der Waals surface area contributed by atoms with Crippen molar-refractivity contribution in [1.82, 2.24) is 19.1 Å². The Balaban J connectivity index is 1.44. The summed E-state index contributed by atoms with van der Waals surface area (Å²) in [5.41, 5.74) is 1.42. The third kappa shape index (κ3) is 4.77. The molecule has 1 aromatic heterocycles. The number of amides is 1. The molecule has 2 fully saturated rings. The lowest BCUT2D eigenvalue weighted by Gasteiger charge is -2.38. The van der Waals surface area contributed by atoms with Gasteiger partial charge in [0.05, 0.1) is 23.1 Å². The molecule has 2 aliphatic heterocycles. The first-order chi connectivity index (χ1) is 15.5. The molecule has 1 amide bonds. The molecular formula is C22H30N4O5S2. The number of sulfone groups is 1. The highest BCUT2D eigenvalue weighted by atomic mass is 32.2. The van der Waals surface area contributed by atoms with Crippen LogP contribution in [0, 0.1) is 6.92 Å². The Kier molecular flexibility index (Phi) is 6.51. The molecule has 2 aliphatic rings. The third-order valence-electron chi connectivity index (χ3n) is 6.71. The average Bonchev–Trinajstić information content (AvgIpc) is 3.16. The molecule has 33 heavy (non-hydrogen) atoms. The second-order valence-corrected chi connectivity index (χ2v) is 13.1. The quantitative estimate of drug-likeness (QED) is 0.607. The van der Waals surface area contributed by atoms with E-state index >= 15 is 0 Å². The SMILES string of the molecule is Cc1cnc2c(S(=O)(=O)N3CCN(C(C)C(=O)N(C)C4CCS(=O)(=O)C4)CC3)cccc2c1. The zero-order valence-corrected chi connectivity index (χ0v) is 20.8. The zero-order valence-electron chi connectivity index (χ0n) is 19.1. The second kappa shape index (κ2) is 8.94. The molecule has 0 aliphatic carbocycles. The molecule has 1 aromatic carbocycles. The van der Waals surface area contributed by atoms with E-state index in [4.69, 9.17) is 0 Å². The van der Waals surface area contributed by atoms with Gasteiger partial charge in [-0.3, -0.25) is 14.7 Å².